The van der Waals surface area contributed by atoms with E-state index in [4.69, 9.17) is 10.5 Å². The quantitative estimate of drug-likeness (QED) is 0.853. The van der Waals surface area contributed by atoms with Crippen molar-refractivity contribution in [2.75, 3.05) is 6.54 Å². The lowest BCUT2D eigenvalue weighted by molar-refractivity contribution is 0.0506. The molecular formula is C13H24N4O2. The summed E-state index contributed by atoms with van der Waals surface area (Å²) >= 11 is 0. The Morgan fingerprint density at radius 2 is 2.26 bits per heavy atom. The van der Waals surface area contributed by atoms with Crippen LogP contribution in [-0.4, -0.2) is 27.8 Å². The molecule has 19 heavy (non-hydrogen) atoms. The fraction of sp³-hybridized carbons (Fsp3) is 0.692. The first-order valence-electron chi connectivity index (χ1n) is 6.53. The maximum Gasteiger partial charge on any atom is 0.408 e. The highest BCUT2D eigenvalue weighted by atomic mass is 16.6. The highest BCUT2D eigenvalue weighted by Gasteiger charge is 2.19. The maximum absolute atomic E-state index is 11.7. The molecule has 3 N–H and O–H groups in total. The van der Waals surface area contributed by atoms with Crippen molar-refractivity contribution in [3.63, 3.8) is 0 Å². The van der Waals surface area contributed by atoms with Gasteiger partial charge >= 0.3 is 6.09 Å². The fourth-order valence-electron chi connectivity index (χ4n) is 1.70. The van der Waals surface area contributed by atoms with E-state index in [1.165, 1.54) is 0 Å². The van der Waals surface area contributed by atoms with E-state index < -0.39 is 11.7 Å². The van der Waals surface area contributed by atoms with E-state index in [0.717, 1.165) is 18.7 Å². The van der Waals surface area contributed by atoms with Gasteiger partial charge in [0.05, 0.1) is 24.3 Å². The molecule has 0 aliphatic heterocycles. The number of alkyl carbamates (subject to hydrolysis) is 1. The van der Waals surface area contributed by atoms with Crippen LogP contribution in [0.5, 0.6) is 0 Å². The van der Waals surface area contributed by atoms with Crippen LogP contribution < -0.4 is 11.1 Å². The lowest BCUT2D eigenvalue weighted by Gasteiger charge is -2.22. The maximum atomic E-state index is 11.7. The summed E-state index contributed by atoms with van der Waals surface area (Å²) < 4.78 is 7.22. The van der Waals surface area contributed by atoms with Gasteiger partial charge in [-0.25, -0.2) is 9.78 Å². The van der Waals surface area contributed by atoms with Crippen LogP contribution >= 0.6 is 0 Å². The van der Waals surface area contributed by atoms with Crippen LogP contribution in [-0.2, 0) is 11.3 Å². The molecule has 6 nitrogen and oxygen atoms in total. The van der Waals surface area contributed by atoms with Crippen LogP contribution in [0.3, 0.4) is 0 Å². The average Bonchev–Trinajstić information content (AvgIpc) is 2.71. The molecule has 0 aliphatic carbocycles. The predicted octanol–water partition coefficient (Wildman–Crippen LogP) is 1.82. The summed E-state index contributed by atoms with van der Waals surface area (Å²) in [5.41, 5.74) is 5.95. The summed E-state index contributed by atoms with van der Waals surface area (Å²) in [4.78, 5) is 15.8. The molecule has 1 aromatic rings. The molecule has 0 bridgehead atoms. The number of ether oxygens (including phenoxy) is 1. The molecule has 0 fully saturated rings. The molecule has 1 atom stereocenters. The average molecular weight is 268 g/mol. The third kappa shape index (κ3) is 5.30. The molecule has 0 spiro atoms. The molecule has 1 rings (SSSR count). The summed E-state index contributed by atoms with van der Waals surface area (Å²) in [6.45, 7) is 8.84. The second-order valence-corrected chi connectivity index (χ2v) is 5.52. The zero-order valence-corrected chi connectivity index (χ0v) is 12.1. The van der Waals surface area contributed by atoms with Crippen molar-refractivity contribution in [2.45, 2.75) is 52.3 Å². The first-order chi connectivity index (χ1) is 8.83. The van der Waals surface area contributed by atoms with Crippen molar-refractivity contribution in [1.29, 1.82) is 0 Å². The van der Waals surface area contributed by atoms with Gasteiger partial charge in [-0.15, -0.1) is 0 Å². The number of amides is 1. The molecule has 6 heteroatoms. The predicted molar refractivity (Wildman–Crippen MR) is 73.7 cm³/mol. The van der Waals surface area contributed by atoms with Gasteiger partial charge in [-0.1, -0.05) is 0 Å². The zero-order valence-electron chi connectivity index (χ0n) is 12.1. The number of nitrogens with two attached hydrogens (primary N) is 1. The van der Waals surface area contributed by atoms with E-state index in [-0.39, 0.29) is 6.04 Å². The smallest absolute Gasteiger partial charge is 0.408 e. The van der Waals surface area contributed by atoms with E-state index >= 15 is 0 Å². The number of carbonyl (C=O) groups is 1. The van der Waals surface area contributed by atoms with Gasteiger partial charge in [-0.3, -0.25) is 0 Å². The van der Waals surface area contributed by atoms with E-state index in [9.17, 15) is 4.79 Å². The molecule has 1 heterocycles. The lowest BCUT2D eigenvalue weighted by atomic mass is 10.2. The number of aromatic nitrogens is 2. The van der Waals surface area contributed by atoms with Crippen LogP contribution in [0.4, 0.5) is 4.79 Å². The van der Waals surface area contributed by atoms with Gasteiger partial charge in [0.15, 0.2) is 0 Å². The monoisotopic (exact) mass is 268 g/mol. The summed E-state index contributed by atoms with van der Waals surface area (Å²) in [6.07, 6.45) is 3.95. The van der Waals surface area contributed by atoms with Crippen molar-refractivity contribution in [1.82, 2.24) is 14.9 Å². The van der Waals surface area contributed by atoms with Gasteiger partial charge < -0.3 is 20.4 Å². The molecule has 1 amide bonds. The topological polar surface area (TPSA) is 82.2 Å². The Labute approximate surface area is 114 Å². The number of carbonyl (C=O) groups excluding carboxylic acids is 1. The minimum atomic E-state index is -0.496. The Morgan fingerprint density at radius 1 is 1.58 bits per heavy atom. The fourth-order valence-corrected chi connectivity index (χ4v) is 1.70. The van der Waals surface area contributed by atoms with Crippen molar-refractivity contribution in [3.05, 3.63) is 18.2 Å². The zero-order chi connectivity index (χ0) is 14.5. The van der Waals surface area contributed by atoms with Gasteiger partial charge in [0.2, 0.25) is 0 Å². The van der Waals surface area contributed by atoms with Gasteiger partial charge in [-0.2, -0.15) is 0 Å². The summed E-state index contributed by atoms with van der Waals surface area (Å²) in [5, 5.41) is 2.80. The molecule has 0 aromatic carbocycles. The molecule has 0 saturated heterocycles. The van der Waals surface area contributed by atoms with Gasteiger partial charge in [0, 0.05) is 6.54 Å². The number of hydrogen-bond acceptors (Lipinski definition) is 4. The standard InChI is InChI=1S/C13H24N4O2/c1-10(16-12(18)19-13(2,3)4)11-8-15-9-17(11)7-5-6-14/h8-10H,5-7,14H2,1-4H3,(H,16,18)/t10-/m0/s1. The Hall–Kier alpha value is -1.56. The third-order valence-corrected chi connectivity index (χ3v) is 2.52. The molecular weight excluding hydrogens is 244 g/mol. The minimum Gasteiger partial charge on any atom is -0.444 e. The first-order valence-corrected chi connectivity index (χ1v) is 6.53. The van der Waals surface area contributed by atoms with E-state index in [0.29, 0.717) is 6.54 Å². The number of rotatable bonds is 5. The van der Waals surface area contributed by atoms with Gasteiger partial charge in [-0.05, 0) is 40.7 Å². The van der Waals surface area contributed by atoms with Crippen LogP contribution in [0, 0.1) is 0 Å². The van der Waals surface area contributed by atoms with Crippen molar-refractivity contribution in [2.24, 2.45) is 5.73 Å². The Kier molecular flexibility index (Phi) is 5.35. The lowest BCUT2D eigenvalue weighted by Crippen LogP contribution is -2.34. The van der Waals surface area contributed by atoms with Gasteiger partial charge in [0.25, 0.3) is 0 Å². The molecule has 1 aromatic heterocycles. The number of nitrogens with zero attached hydrogens (tertiary/aromatic N) is 2. The summed E-state index contributed by atoms with van der Waals surface area (Å²) in [7, 11) is 0. The second-order valence-electron chi connectivity index (χ2n) is 5.52. The van der Waals surface area contributed by atoms with Crippen LogP contribution in [0.1, 0.15) is 45.9 Å². The van der Waals surface area contributed by atoms with Gasteiger partial charge in [0.1, 0.15) is 5.60 Å². The Bertz CT molecular complexity index is 409. The molecule has 0 aliphatic rings. The molecule has 0 saturated carbocycles. The summed E-state index contributed by atoms with van der Waals surface area (Å²) in [5.74, 6) is 0. The summed E-state index contributed by atoms with van der Waals surface area (Å²) in [6, 6.07) is -0.157. The molecule has 0 unspecified atom stereocenters. The SMILES string of the molecule is C[C@H](NC(=O)OC(C)(C)C)c1cncn1CCCN. The molecule has 108 valence electrons. The largest absolute Gasteiger partial charge is 0.444 e. The second kappa shape index (κ2) is 6.56. The van der Waals surface area contributed by atoms with Crippen molar-refractivity contribution in [3.8, 4) is 0 Å². The highest BCUT2D eigenvalue weighted by molar-refractivity contribution is 5.68. The normalized spacial score (nSPS) is 13.1. The molecule has 0 radical (unpaired) electrons. The number of aryl methyl sites for hydroxylation is 1. The van der Waals surface area contributed by atoms with Crippen molar-refractivity contribution >= 4 is 6.09 Å². The van der Waals surface area contributed by atoms with Crippen LogP contribution in [0.15, 0.2) is 12.5 Å². The van der Waals surface area contributed by atoms with E-state index in [2.05, 4.69) is 10.3 Å². The first kappa shape index (κ1) is 15.5. The Balaban J connectivity index is 2.60. The van der Waals surface area contributed by atoms with E-state index in [1.807, 2.05) is 32.3 Å². The van der Waals surface area contributed by atoms with Crippen LogP contribution in [0.2, 0.25) is 0 Å². The van der Waals surface area contributed by atoms with Crippen molar-refractivity contribution < 1.29 is 9.53 Å². The number of imidazole rings is 1. The third-order valence-electron chi connectivity index (χ3n) is 2.52. The highest BCUT2D eigenvalue weighted by Crippen LogP contribution is 2.14. The number of nitrogens with one attached hydrogen (secondary N) is 1. The minimum absolute atomic E-state index is 0.157. The Morgan fingerprint density at radius 3 is 2.84 bits per heavy atom. The van der Waals surface area contributed by atoms with Crippen LogP contribution in [0.25, 0.3) is 0 Å². The van der Waals surface area contributed by atoms with E-state index in [1.54, 1.807) is 12.5 Å². The number of hydrogen-bond donors (Lipinski definition) is 2.